The van der Waals surface area contributed by atoms with E-state index in [1.165, 1.54) is 64.2 Å². The fourth-order valence-electron chi connectivity index (χ4n) is 5.29. The quantitative estimate of drug-likeness (QED) is 0.119. The van der Waals surface area contributed by atoms with Gasteiger partial charge in [0.05, 0.1) is 41.4 Å². The van der Waals surface area contributed by atoms with Gasteiger partial charge in [0, 0.05) is 11.4 Å². The van der Waals surface area contributed by atoms with E-state index < -0.39 is 0 Å². The van der Waals surface area contributed by atoms with Crippen LogP contribution in [-0.2, 0) is 9.59 Å². The van der Waals surface area contributed by atoms with Gasteiger partial charge in [0.2, 0.25) is 0 Å². The predicted octanol–water partition coefficient (Wildman–Crippen LogP) is 1.90. The molecule has 0 aliphatic rings. The Kier molecular flexibility index (Phi) is 24.6. The molecular formula is C38H64Br2N4O4. The largest absolute Gasteiger partial charge is 1.00 e. The highest BCUT2D eigenvalue weighted by Gasteiger charge is 2.27. The lowest BCUT2D eigenvalue weighted by Gasteiger charge is -2.34. The molecule has 8 nitrogen and oxygen atoms in total. The van der Waals surface area contributed by atoms with Crippen LogP contribution in [-0.4, -0.2) is 88.4 Å². The number of halogens is 2. The monoisotopic (exact) mass is 798 g/mol. The van der Waals surface area contributed by atoms with Gasteiger partial charge in [-0.25, -0.2) is 0 Å². The summed E-state index contributed by atoms with van der Waals surface area (Å²) in [7, 11) is 8.20. The van der Waals surface area contributed by atoms with Crippen LogP contribution in [0, 0.1) is 0 Å². The van der Waals surface area contributed by atoms with Gasteiger partial charge in [-0.15, -0.1) is 0 Å². The molecule has 0 aliphatic heterocycles. The first-order chi connectivity index (χ1) is 22.0. The van der Waals surface area contributed by atoms with Crippen molar-refractivity contribution in [1.29, 1.82) is 0 Å². The lowest BCUT2D eigenvalue weighted by Crippen LogP contribution is -3.00. The molecule has 0 aliphatic carbocycles. The van der Waals surface area contributed by atoms with Crippen molar-refractivity contribution in [3.8, 4) is 11.5 Å². The molecule has 2 aromatic rings. The first-order valence-corrected chi connectivity index (χ1v) is 17.7. The molecule has 0 spiro atoms. The number of carbonyl (C=O) groups excluding carboxylic acids is 2. The minimum absolute atomic E-state index is 0. The van der Waals surface area contributed by atoms with Crippen molar-refractivity contribution < 1.29 is 62.0 Å². The number of amides is 2. The van der Waals surface area contributed by atoms with E-state index in [0.29, 0.717) is 22.1 Å². The van der Waals surface area contributed by atoms with Gasteiger partial charge in [-0.3, -0.25) is 9.59 Å². The number of anilines is 2. The molecule has 0 aromatic heterocycles. The van der Waals surface area contributed by atoms with Crippen molar-refractivity contribution in [3.63, 3.8) is 0 Å². The van der Waals surface area contributed by atoms with Crippen LogP contribution in [0.25, 0.3) is 0 Å². The fourth-order valence-corrected chi connectivity index (χ4v) is 5.29. The number of rotatable bonds is 25. The molecule has 274 valence electrons. The highest BCUT2D eigenvalue weighted by molar-refractivity contribution is 5.92. The first kappa shape index (κ1) is 45.9. The molecule has 48 heavy (non-hydrogen) atoms. The number of hydrogen-bond acceptors (Lipinski definition) is 4. The van der Waals surface area contributed by atoms with E-state index in [2.05, 4.69) is 52.7 Å². The molecule has 10 heteroatoms. The van der Waals surface area contributed by atoms with E-state index in [4.69, 9.17) is 9.47 Å². The summed E-state index contributed by atoms with van der Waals surface area (Å²) >= 11 is 0. The second kappa shape index (κ2) is 25.8. The third-order valence-corrected chi connectivity index (χ3v) is 8.26. The van der Waals surface area contributed by atoms with Gasteiger partial charge in [0.1, 0.15) is 24.6 Å². The minimum Gasteiger partial charge on any atom is -1.00 e. The van der Waals surface area contributed by atoms with Crippen molar-refractivity contribution in [2.24, 2.45) is 0 Å². The molecule has 0 unspecified atom stereocenters. The van der Waals surface area contributed by atoms with Gasteiger partial charge in [0.15, 0.2) is 13.1 Å². The summed E-state index contributed by atoms with van der Waals surface area (Å²) < 4.78 is 12.8. The summed E-state index contributed by atoms with van der Waals surface area (Å²) in [4.78, 5) is 25.7. The number of nitrogens with zero attached hydrogens (tertiary/aromatic N) is 2. The zero-order valence-electron chi connectivity index (χ0n) is 30.6. The molecule has 0 saturated carbocycles. The van der Waals surface area contributed by atoms with Gasteiger partial charge in [0.25, 0.3) is 11.8 Å². The van der Waals surface area contributed by atoms with Crippen LogP contribution in [0.5, 0.6) is 11.5 Å². The lowest BCUT2D eigenvalue weighted by molar-refractivity contribution is -0.938. The molecule has 0 bridgehead atoms. The van der Waals surface area contributed by atoms with E-state index in [1.54, 1.807) is 0 Å². The molecule has 2 rings (SSSR count). The summed E-state index contributed by atoms with van der Waals surface area (Å²) in [5, 5.41) is 6.03. The van der Waals surface area contributed by atoms with E-state index in [0.717, 1.165) is 62.0 Å². The molecule has 2 amide bonds. The number of hydrogen-bond donors (Lipinski definition) is 2. The molecule has 0 radical (unpaired) electrons. The van der Waals surface area contributed by atoms with Crippen molar-refractivity contribution in [2.45, 2.75) is 90.9 Å². The van der Waals surface area contributed by atoms with Gasteiger partial charge in [-0.05, 0) is 61.4 Å². The van der Waals surface area contributed by atoms with E-state index >= 15 is 0 Å². The predicted molar refractivity (Wildman–Crippen MR) is 192 cm³/mol. The third-order valence-electron chi connectivity index (χ3n) is 8.26. The molecule has 0 saturated heterocycles. The summed E-state index contributed by atoms with van der Waals surface area (Å²) in [6, 6.07) is 15.2. The van der Waals surface area contributed by atoms with Crippen molar-refractivity contribution in [2.75, 3.05) is 78.2 Å². The van der Waals surface area contributed by atoms with E-state index in [-0.39, 0.29) is 45.8 Å². The molecule has 0 heterocycles. The Bertz CT molecular complexity index is 1040. The van der Waals surface area contributed by atoms with Crippen molar-refractivity contribution in [1.82, 2.24) is 0 Å². The van der Waals surface area contributed by atoms with Crippen LogP contribution in [0.15, 0.2) is 48.5 Å². The number of quaternary nitrogens is 2. The van der Waals surface area contributed by atoms with Crippen LogP contribution in [0.2, 0.25) is 0 Å². The highest BCUT2D eigenvalue weighted by Crippen LogP contribution is 2.18. The molecule has 2 aromatic carbocycles. The van der Waals surface area contributed by atoms with Gasteiger partial charge < -0.3 is 63.0 Å². The Hall–Kier alpha value is -2.14. The van der Waals surface area contributed by atoms with Gasteiger partial charge >= 0.3 is 0 Å². The zero-order valence-corrected chi connectivity index (χ0v) is 33.8. The van der Waals surface area contributed by atoms with E-state index in [1.807, 2.05) is 48.5 Å². The summed E-state index contributed by atoms with van der Waals surface area (Å²) in [5.74, 6) is 1.59. The van der Waals surface area contributed by atoms with Crippen LogP contribution in [0.1, 0.15) is 90.9 Å². The topological polar surface area (TPSA) is 76.7 Å². The third kappa shape index (κ3) is 21.8. The SMILES string of the molecule is CCCCCCCCOc1ccc(NC(=O)C[N+](C)(C)CC[N+](C)(C)CC(=O)Nc2ccc(OCCCCCCCC)cc2)cc1.[Br-].[Br-]. The second-order valence-electron chi connectivity index (χ2n) is 14.0. The number of ether oxygens (including phenoxy) is 2. The van der Waals surface area contributed by atoms with E-state index in [9.17, 15) is 9.59 Å². The van der Waals surface area contributed by atoms with Crippen LogP contribution in [0.4, 0.5) is 11.4 Å². The Morgan fingerprint density at radius 2 is 0.833 bits per heavy atom. The molecule has 0 atom stereocenters. The second-order valence-corrected chi connectivity index (χ2v) is 14.0. The molecular weight excluding hydrogens is 736 g/mol. The average molecular weight is 801 g/mol. The minimum atomic E-state index is -0.0341. The maximum atomic E-state index is 12.8. The number of carbonyl (C=O) groups is 2. The normalized spacial score (nSPS) is 11.2. The maximum absolute atomic E-state index is 12.8. The average Bonchev–Trinajstić information content (AvgIpc) is 3.00. The summed E-state index contributed by atoms with van der Waals surface area (Å²) in [6.45, 7) is 8.10. The molecule has 2 N–H and O–H groups in total. The Morgan fingerprint density at radius 1 is 0.521 bits per heavy atom. The van der Waals surface area contributed by atoms with Crippen molar-refractivity contribution >= 4 is 23.2 Å². The lowest BCUT2D eigenvalue weighted by atomic mass is 10.1. The highest BCUT2D eigenvalue weighted by atomic mass is 79.9. The Labute approximate surface area is 313 Å². The maximum Gasteiger partial charge on any atom is 0.279 e. The fraction of sp³-hybridized carbons (Fsp3) is 0.632. The van der Waals surface area contributed by atoms with Crippen LogP contribution < -0.4 is 54.1 Å². The first-order valence-electron chi connectivity index (χ1n) is 17.7. The Morgan fingerprint density at radius 3 is 1.17 bits per heavy atom. The van der Waals surface area contributed by atoms with Crippen LogP contribution >= 0.6 is 0 Å². The van der Waals surface area contributed by atoms with Crippen molar-refractivity contribution in [3.05, 3.63) is 48.5 Å². The smallest absolute Gasteiger partial charge is 0.279 e. The summed E-state index contributed by atoms with van der Waals surface area (Å²) in [5.41, 5.74) is 1.53. The Balaban J connectivity index is 0.0000110. The van der Waals surface area contributed by atoms with Crippen LogP contribution in [0.3, 0.4) is 0 Å². The van der Waals surface area contributed by atoms with Gasteiger partial charge in [-0.1, -0.05) is 78.1 Å². The number of nitrogens with one attached hydrogen (secondary N) is 2. The standard InChI is InChI=1S/C38H62N4O4.2BrH/c1-7-9-11-13-15-17-29-45-35-23-19-33(20-24-35)39-37(43)31-41(3,4)27-28-42(5,6)32-38(44)40-34-21-25-36(26-22-34)46-30-18-16-14-12-10-8-2;;/h19-26H,7-18,27-32H2,1-6H3;2*1H. The molecule has 0 fully saturated rings. The number of unbranched alkanes of at least 4 members (excludes halogenated alkanes) is 10. The summed E-state index contributed by atoms with van der Waals surface area (Å²) in [6.07, 6.45) is 14.9. The number of benzene rings is 2. The zero-order chi connectivity index (χ0) is 33.7. The number of likely N-dealkylation sites (N-methyl/N-ethyl adjacent to an activating group) is 2. The van der Waals surface area contributed by atoms with Gasteiger partial charge in [-0.2, -0.15) is 0 Å².